The van der Waals surface area contributed by atoms with Gasteiger partial charge in [0.15, 0.2) is 23.1 Å². The van der Waals surface area contributed by atoms with Gasteiger partial charge in [0.25, 0.3) is 0 Å². The second-order valence-corrected chi connectivity index (χ2v) is 10.5. The molecule has 0 radical (unpaired) electrons. The monoisotopic (exact) mass is 592 g/mol. The second kappa shape index (κ2) is 10.7. The van der Waals surface area contributed by atoms with E-state index in [0.717, 1.165) is 11.0 Å². The molecule has 214 valence electrons. The Morgan fingerprint density at radius 1 is 1.00 bits per heavy atom. The van der Waals surface area contributed by atoms with E-state index in [0.29, 0.717) is 5.56 Å². The Kier molecular flexibility index (Phi) is 8.86. The van der Waals surface area contributed by atoms with Crippen molar-refractivity contribution in [3.63, 3.8) is 0 Å². The van der Waals surface area contributed by atoms with Crippen LogP contribution in [0.1, 0.15) is 35.3 Å². The van der Waals surface area contributed by atoms with E-state index in [1.165, 1.54) is 13.2 Å². The maximum Gasteiger partial charge on any atom is 0.310 e. The van der Waals surface area contributed by atoms with Gasteiger partial charge in [0.2, 0.25) is 0 Å². The van der Waals surface area contributed by atoms with Gasteiger partial charge >= 0.3 is 10.2 Å². The highest BCUT2D eigenvalue weighted by Gasteiger charge is 2.65. The van der Waals surface area contributed by atoms with E-state index in [1.54, 1.807) is 13.8 Å². The molecule has 2 aromatic carbocycles. The molecule has 0 amide bonds. The van der Waals surface area contributed by atoms with E-state index >= 15 is 4.39 Å². The highest BCUT2D eigenvalue weighted by molar-refractivity contribution is 8.45. The number of nitrogens with zero attached hydrogens (tertiary/aromatic N) is 1. The van der Waals surface area contributed by atoms with Gasteiger partial charge in [-0.2, -0.15) is 0 Å². The molecule has 3 rings (SSSR count). The van der Waals surface area contributed by atoms with E-state index in [4.69, 9.17) is 24.4 Å². The fourth-order valence-electron chi connectivity index (χ4n) is 3.70. The summed E-state index contributed by atoms with van der Waals surface area (Å²) in [7, 11) is -8.85. The lowest BCUT2D eigenvalue weighted by Gasteiger charge is -2.40. The smallest absolute Gasteiger partial charge is 0.310 e. The SMILES string of the molecule is CCOc1cc2c(c(F)c1OCC)C(=N)N(CC(=O)c1cc(OCCOC)cc(S(F)(F)(F)(F)F)c1)C2.Cl. The van der Waals surface area contributed by atoms with E-state index in [-0.39, 0.29) is 74.6 Å². The van der Waals surface area contributed by atoms with E-state index in [1.807, 2.05) is 0 Å². The van der Waals surface area contributed by atoms with Crippen LogP contribution in [0.15, 0.2) is 29.2 Å². The number of carbonyl (C=O) groups is 1. The summed E-state index contributed by atoms with van der Waals surface area (Å²) >= 11 is 0. The lowest BCUT2D eigenvalue weighted by molar-refractivity contribution is 0.0961. The minimum Gasteiger partial charge on any atom is -0.491 e. The standard InChI is InChI=1S/C23H26F6N2O5S.ClH/c1-4-34-19-10-15-12-31(23(30)20(15)21(24)22(19)35-5-2)13-18(32)14-8-16(36-7-6-33-3)11-17(9-14)37(25,26,27,28)29;/h8-11,30H,4-7,12-13H2,1-3H3;1H. The van der Waals surface area contributed by atoms with Gasteiger partial charge in [0.1, 0.15) is 23.1 Å². The van der Waals surface area contributed by atoms with Crippen molar-refractivity contribution in [3.05, 3.63) is 46.8 Å². The van der Waals surface area contributed by atoms with Crippen LogP contribution in [0.25, 0.3) is 0 Å². The first-order chi connectivity index (χ1) is 17.1. The molecule has 0 bridgehead atoms. The van der Waals surface area contributed by atoms with Crippen LogP contribution in [-0.2, 0) is 11.3 Å². The zero-order valence-electron chi connectivity index (χ0n) is 20.6. The molecule has 2 aromatic rings. The number of fused-ring (bicyclic) bond motifs is 1. The predicted octanol–water partition coefficient (Wildman–Crippen LogP) is 6.75. The maximum atomic E-state index is 15.2. The molecule has 0 aliphatic carbocycles. The van der Waals surface area contributed by atoms with Gasteiger partial charge in [-0.3, -0.25) is 10.2 Å². The van der Waals surface area contributed by atoms with Crippen LogP contribution in [0.4, 0.5) is 23.8 Å². The third-order valence-electron chi connectivity index (χ3n) is 5.31. The van der Waals surface area contributed by atoms with Crippen LogP contribution in [-0.4, -0.2) is 56.6 Å². The number of amidine groups is 1. The molecule has 0 fully saturated rings. The highest BCUT2D eigenvalue weighted by Crippen LogP contribution is 3.02. The van der Waals surface area contributed by atoms with Crippen LogP contribution in [0.3, 0.4) is 0 Å². The molecule has 0 spiro atoms. The minimum atomic E-state index is -10.2. The van der Waals surface area contributed by atoms with E-state index in [9.17, 15) is 24.2 Å². The topological polar surface area (TPSA) is 81.1 Å². The highest BCUT2D eigenvalue weighted by atomic mass is 35.5. The van der Waals surface area contributed by atoms with Gasteiger partial charge in [-0.1, -0.05) is 19.4 Å². The summed E-state index contributed by atoms with van der Waals surface area (Å²) in [5.74, 6) is -3.00. The summed E-state index contributed by atoms with van der Waals surface area (Å²) in [5.41, 5.74) is -0.553. The molecule has 38 heavy (non-hydrogen) atoms. The number of hydrogen-bond donors (Lipinski definition) is 1. The number of ketones is 1. The number of carbonyl (C=O) groups excluding carboxylic acids is 1. The molecule has 0 aromatic heterocycles. The number of halogens is 7. The van der Waals surface area contributed by atoms with Crippen LogP contribution in [0.2, 0.25) is 0 Å². The van der Waals surface area contributed by atoms with Gasteiger partial charge in [0.05, 0.1) is 31.9 Å². The molecule has 1 N–H and O–H groups in total. The zero-order valence-corrected chi connectivity index (χ0v) is 22.3. The van der Waals surface area contributed by atoms with Crippen LogP contribution in [0.5, 0.6) is 17.2 Å². The first-order valence-electron chi connectivity index (χ1n) is 11.1. The summed E-state index contributed by atoms with van der Waals surface area (Å²) in [4.78, 5) is 11.8. The van der Waals surface area contributed by atoms with Crippen molar-refractivity contribution in [1.82, 2.24) is 4.90 Å². The second-order valence-electron chi connectivity index (χ2n) is 8.05. The first kappa shape index (κ1) is 31.4. The molecule has 0 saturated heterocycles. The van der Waals surface area contributed by atoms with Crippen molar-refractivity contribution in [2.24, 2.45) is 0 Å². The Bertz CT molecular complexity index is 1230. The van der Waals surface area contributed by atoms with Crippen LogP contribution >= 0.6 is 22.6 Å². The quantitative estimate of drug-likeness (QED) is 0.167. The van der Waals surface area contributed by atoms with Crippen molar-refractivity contribution in [1.29, 1.82) is 5.41 Å². The Labute approximate surface area is 221 Å². The zero-order chi connectivity index (χ0) is 27.7. The number of nitrogens with one attached hydrogen (secondary N) is 1. The Morgan fingerprint density at radius 2 is 1.66 bits per heavy atom. The number of rotatable bonds is 12. The summed E-state index contributed by atoms with van der Waals surface area (Å²) in [6.07, 6.45) is 0. The van der Waals surface area contributed by atoms with Gasteiger partial charge in [0, 0.05) is 25.3 Å². The lowest BCUT2D eigenvalue weighted by Crippen LogP contribution is -2.30. The number of benzene rings is 2. The average Bonchev–Trinajstić information content (AvgIpc) is 3.10. The third-order valence-corrected chi connectivity index (χ3v) is 6.44. The molecule has 1 heterocycles. The number of ether oxygens (including phenoxy) is 4. The maximum absolute atomic E-state index is 15.2. The van der Waals surface area contributed by atoms with Gasteiger partial charge in [-0.25, -0.2) is 4.39 Å². The molecule has 1 aliphatic rings. The Morgan fingerprint density at radius 3 is 2.24 bits per heavy atom. The molecule has 15 heteroatoms. The summed E-state index contributed by atoms with van der Waals surface area (Å²) in [6, 6.07) is 2.55. The Hall–Kier alpha value is -2.84. The summed E-state index contributed by atoms with van der Waals surface area (Å²) < 4.78 is 103. The van der Waals surface area contributed by atoms with E-state index in [2.05, 4.69) is 0 Å². The fraction of sp³-hybridized carbons (Fsp3) is 0.391. The number of hydrogen-bond acceptors (Lipinski definition) is 6. The Balaban J connectivity index is 0.00000507. The molecule has 0 atom stereocenters. The van der Waals surface area contributed by atoms with Crippen molar-refractivity contribution in [2.45, 2.75) is 25.3 Å². The van der Waals surface area contributed by atoms with Crippen LogP contribution < -0.4 is 14.2 Å². The summed E-state index contributed by atoms with van der Waals surface area (Å²) in [6.45, 7) is 2.53. The van der Waals surface area contributed by atoms with Crippen molar-refractivity contribution < 1.29 is 47.6 Å². The first-order valence-corrected chi connectivity index (χ1v) is 13.0. The lowest BCUT2D eigenvalue weighted by atomic mass is 10.1. The van der Waals surface area contributed by atoms with Crippen molar-refractivity contribution >= 4 is 34.2 Å². The molecule has 0 saturated carbocycles. The minimum absolute atomic E-state index is 0. The van der Waals surface area contributed by atoms with Crippen molar-refractivity contribution in [2.75, 3.05) is 40.1 Å². The molecular weight excluding hydrogens is 566 g/mol. The largest absolute Gasteiger partial charge is 0.491 e. The number of methoxy groups -OCH3 is 1. The normalized spacial score (nSPS) is 14.8. The fourth-order valence-corrected chi connectivity index (χ4v) is 4.39. The average molecular weight is 593 g/mol. The number of Topliss-reactive ketones (excluding diaryl/α,β-unsaturated/α-hetero) is 1. The molecule has 1 aliphatic heterocycles. The molecule has 7 nitrogen and oxygen atoms in total. The predicted molar refractivity (Wildman–Crippen MR) is 133 cm³/mol. The van der Waals surface area contributed by atoms with Gasteiger partial charge in [-0.05, 0) is 37.6 Å². The van der Waals surface area contributed by atoms with Gasteiger partial charge in [-0.15, -0.1) is 12.4 Å². The van der Waals surface area contributed by atoms with E-state index < -0.39 is 50.4 Å². The third kappa shape index (κ3) is 6.97. The van der Waals surface area contributed by atoms with Crippen LogP contribution in [0, 0.1) is 11.2 Å². The molecule has 0 unspecified atom stereocenters. The summed E-state index contributed by atoms with van der Waals surface area (Å²) in [5, 5.41) is 8.35. The van der Waals surface area contributed by atoms with Gasteiger partial charge < -0.3 is 23.8 Å². The van der Waals surface area contributed by atoms with Crippen molar-refractivity contribution in [3.8, 4) is 17.2 Å². The molecular formula is C23H27ClF6N2O5S.